The lowest BCUT2D eigenvalue weighted by Gasteiger charge is -2.26. The number of rotatable bonds is 4. The maximum absolute atomic E-state index is 11.1. The normalized spacial score (nSPS) is 11.7. The molecule has 0 heterocycles. The lowest BCUT2D eigenvalue weighted by molar-refractivity contribution is -0.136. The van der Waals surface area contributed by atoms with Gasteiger partial charge in [-0.15, -0.1) is 0 Å². The van der Waals surface area contributed by atoms with Crippen LogP contribution in [-0.2, 0) is 14.3 Å². The first-order valence-electron chi connectivity index (χ1n) is 5.92. The monoisotopic (exact) mass is 270 g/mol. The first-order chi connectivity index (χ1) is 8.42. The maximum atomic E-state index is 11.1. The van der Waals surface area contributed by atoms with Gasteiger partial charge in [0.2, 0.25) is 5.91 Å². The van der Waals surface area contributed by atoms with E-state index in [1.165, 1.54) is 7.11 Å². The van der Waals surface area contributed by atoms with Crippen LogP contribution < -0.4 is 11.1 Å². The van der Waals surface area contributed by atoms with E-state index in [2.05, 4.69) is 23.2 Å². The van der Waals surface area contributed by atoms with Crippen LogP contribution in [0, 0.1) is 0 Å². The van der Waals surface area contributed by atoms with E-state index in [0.717, 1.165) is 0 Å². The molecule has 0 aromatic carbocycles. The molecule has 19 heavy (non-hydrogen) atoms. The first kappa shape index (κ1) is 19.7. The Hall–Kier alpha value is -1.62. The summed E-state index contributed by atoms with van der Waals surface area (Å²) in [7, 11) is 1.36. The summed E-state index contributed by atoms with van der Waals surface area (Å²) in [6.45, 7) is 16.5. The van der Waals surface area contributed by atoms with Gasteiger partial charge in [0.15, 0.2) is 0 Å². The lowest BCUT2D eigenvalue weighted by Crippen LogP contribution is -2.44. The van der Waals surface area contributed by atoms with Gasteiger partial charge in [0.05, 0.1) is 7.11 Å². The highest BCUT2D eigenvalue weighted by atomic mass is 16.5. The SMILES string of the molecule is C=C(C(=O)OC)C(C)NC(C)(C)C.C=C(C)C(N)=O. The van der Waals surface area contributed by atoms with Gasteiger partial charge in [0, 0.05) is 22.7 Å². The van der Waals surface area contributed by atoms with Gasteiger partial charge < -0.3 is 15.8 Å². The Balaban J connectivity index is 0. The van der Waals surface area contributed by atoms with Gasteiger partial charge in [-0.3, -0.25) is 4.79 Å². The van der Waals surface area contributed by atoms with Crippen LogP contribution in [0.15, 0.2) is 24.3 Å². The fourth-order valence-corrected chi connectivity index (χ4v) is 1.04. The summed E-state index contributed by atoms with van der Waals surface area (Å²) in [5, 5.41) is 3.23. The van der Waals surface area contributed by atoms with Crippen LogP contribution >= 0.6 is 0 Å². The minimum Gasteiger partial charge on any atom is -0.466 e. The van der Waals surface area contributed by atoms with E-state index in [1.807, 2.05) is 27.7 Å². The van der Waals surface area contributed by atoms with Crippen molar-refractivity contribution in [2.45, 2.75) is 46.2 Å². The van der Waals surface area contributed by atoms with Gasteiger partial charge in [-0.05, 0) is 34.6 Å². The van der Waals surface area contributed by atoms with E-state index in [1.54, 1.807) is 6.92 Å². The average Bonchev–Trinajstić information content (AvgIpc) is 2.25. The average molecular weight is 270 g/mol. The van der Waals surface area contributed by atoms with Gasteiger partial charge in [0.1, 0.15) is 0 Å². The van der Waals surface area contributed by atoms with Crippen LogP contribution in [0.5, 0.6) is 0 Å². The number of methoxy groups -OCH3 is 1. The van der Waals surface area contributed by atoms with Gasteiger partial charge in [-0.1, -0.05) is 13.2 Å². The topological polar surface area (TPSA) is 81.4 Å². The predicted octanol–water partition coefficient (Wildman–Crippen LogP) is 1.54. The number of nitrogens with one attached hydrogen (secondary N) is 1. The zero-order valence-electron chi connectivity index (χ0n) is 12.8. The lowest BCUT2D eigenvalue weighted by atomic mass is 10.0. The Morgan fingerprint density at radius 2 is 1.63 bits per heavy atom. The number of hydrogen-bond donors (Lipinski definition) is 2. The van der Waals surface area contributed by atoms with Crippen LogP contribution in [0.2, 0.25) is 0 Å². The summed E-state index contributed by atoms with van der Waals surface area (Å²) in [6.07, 6.45) is 0. The van der Waals surface area contributed by atoms with Crippen LogP contribution in [0.4, 0.5) is 0 Å². The Labute approximate surface area is 115 Å². The van der Waals surface area contributed by atoms with E-state index >= 15 is 0 Å². The second-order valence-electron chi connectivity index (χ2n) is 5.28. The Bertz CT molecular complexity index is 342. The summed E-state index contributed by atoms with van der Waals surface area (Å²) in [6, 6.07) is -0.0625. The molecule has 5 heteroatoms. The van der Waals surface area contributed by atoms with Crippen LogP contribution in [-0.4, -0.2) is 30.6 Å². The second-order valence-corrected chi connectivity index (χ2v) is 5.28. The number of ether oxygens (including phenoxy) is 1. The van der Waals surface area contributed by atoms with Crippen molar-refractivity contribution in [3.05, 3.63) is 24.3 Å². The largest absolute Gasteiger partial charge is 0.466 e. The summed E-state index contributed by atoms with van der Waals surface area (Å²) in [5.74, 6) is -0.792. The molecule has 5 nitrogen and oxygen atoms in total. The summed E-state index contributed by atoms with van der Waals surface area (Å²) >= 11 is 0. The molecule has 3 N–H and O–H groups in total. The highest BCUT2D eigenvalue weighted by Crippen LogP contribution is 2.07. The molecule has 0 saturated heterocycles. The standard InChI is InChI=1S/C10H19NO2.C4H7NO/c1-7(9(12)13-6)8(2)11-10(3,4)5;1-3(2)4(5)6/h8,11H,1H2,2-6H3;1H2,2H3,(H2,5,6). The predicted molar refractivity (Wildman–Crippen MR) is 77.5 cm³/mol. The summed E-state index contributed by atoms with van der Waals surface area (Å²) in [4.78, 5) is 20.9. The van der Waals surface area contributed by atoms with Crippen LogP contribution in [0.3, 0.4) is 0 Å². The third-order valence-electron chi connectivity index (χ3n) is 2.04. The van der Waals surface area contributed by atoms with Crippen molar-refractivity contribution in [1.82, 2.24) is 5.32 Å². The molecule has 0 radical (unpaired) electrons. The molecule has 0 aliphatic heterocycles. The van der Waals surface area contributed by atoms with Crippen molar-refractivity contribution >= 4 is 11.9 Å². The molecule has 110 valence electrons. The molecule has 0 rings (SSSR count). The quantitative estimate of drug-likeness (QED) is 0.599. The van der Waals surface area contributed by atoms with Crippen molar-refractivity contribution in [1.29, 1.82) is 0 Å². The van der Waals surface area contributed by atoms with Crippen molar-refractivity contribution in [2.24, 2.45) is 5.73 Å². The number of carbonyl (C=O) groups is 2. The summed E-state index contributed by atoms with van der Waals surface area (Å²) < 4.78 is 4.57. The zero-order chi connectivity index (χ0) is 15.8. The zero-order valence-corrected chi connectivity index (χ0v) is 12.8. The van der Waals surface area contributed by atoms with E-state index in [-0.39, 0.29) is 17.6 Å². The van der Waals surface area contributed by atoms with Crippen LogP contribution in [0.25, 0.3) is 0 Å². The molecule has 0 aliphatic carbocycles. The van der Waals surface area contributed by atoms with Crippen LogP contribution in [0.1, 0.15) is 34.6 Å². The van der Waals surface area contributed by atoms with Crippen molar-refractivity contribution in [3.8, 4) is 0 Å². The molecule has 0 saturated carbocycles. The molecular weight excluding hydrogens is 244 g/mol. The fraction of sp³-hybridized carbons (Fsp3) is 0.571. The fourth-order valence-electron chi connectivity index (χ4n) is 1.04. The third-order valence-corrected chi connectivity index (χ3v) is 2.04. The molecule has 0 spiro atoms. The van der Waals surface area contributed by atoms with E-state index in [0.29, 0.717) is 11.1 Å². The number of esters is 1. The van der Waals surface area contributed by atoms with Gasteiger partial charge >= 0.3 is 5.97 Å². The highest BCUT2D eigenvalue weighted by Gasteiger charge is 2.19. The molecule has 0 aromatic rings. The van der Waals surface area contributed by atoms with Gasteiger partial charge in [0.25, 0.3) is 0 Å². The molecule has 0 fully saturated rings. The van der Waals surface area contributed by atoms with E-state index in [4.69, 9.17) is 5.73 Å². The highest BCUT2D eigenvalue weighted by molar-refractivity contribution is 5.90. The van der Waals surface area contributed by atoms with Crippen molar-refractivity contribution in [2.75, 3.05) is 7.11 Å². The molecule has 1 atom stereocenters. The maximum Gasteiger partial charge on any atom is 0.334 e. The molecule has 1 amide bonds. The Kier molecular flexibility index (Phi) is 8.79. The number of amides is 1. The van der Waals surface area contributed by atoms with Gasteiger partial charge in [-0.2, -0.15) is 0 Å². The third kappa shape index (κ3) is 11.2. The molecule has 0 aliphatic rings. The number of primary amides is 1. The minimum absolute atomic E-state index is 0.0314. The first-order valence-corrected chi connectivity index (χ1v) is 5.92. The van der Waals surface area contributed by atoms with E-state index < -0.39 is 5.91 Å². The van der Waals surface area contributed by atoms with Crippen molar-refractivity contribution < 1.29 is 14.3 Å². The molecule has 1 unspecified atom stereocenters. The number of nitrogens with two attached hydrogens (primary N) is 1. The van der Waals surface area contributed by atoms with Gasteiger partial charge in [-0.25, -0.2) is 4.79 Å². The minimum atomic E-state index is -0.435. The second kappa shape index (κ2) is 8.48. The Morgan fingerprint density at radius 3 is 1.84 bits per heavy atom. The molecule has 0 aromatic heterocycles. The smallest absolute Gasteiger partial charge is 0.334 e. The molecular formula is C14H26N2O3. The number of carbonyl (C=O) groups excluding carboxylic acids is 2. The molecule has 0 bridgehead atoms. The van der Waals surface area contributed by atoms with Crippen molar-refractivity contribution in [3.63, 3.8) is 0 Å². The number of hydrogen-bond acceptors (Lipinski definition) is 4. The Morgan fingerprint density at radius 1 is 1.26 bits per heavy atom. The summed E-state index contributed by atoms with van der Waals surface area (Å²) in [5.41, 5.74) is 5.52. The van der Waals surface area contributed by atoms with E-state index in [9.17, 15) is 9.59 Å².